The number of fused-ring (bicyclic) bond motifs is 2. The molecule has 11 nitrogen and oxygen atoms in total. The molecule has 0 N–H and O–H groups in total. The number of pyridine rings is 1. The number of esters is 2. The van der Waals surface area contributed by atoms with Crippen molar-refractivity contribution in [1.82, 2.24) is 24.1 Å². The van der Waals surface area contributed by atoms with Crippen LogP contribution in [-0.2, 0) is 32.9 Å². The Labute approximate surface area is 366 Å². The monoisotopic (exact) mass is 923 g/mol. The molecular formula is C47H55BIN5O6. The zero-order chi connectivity index (χ0) is 42.8. The van der Waals surface area contributed by atoms with Crippen molar-refractivity contribution >= 4 is 69.0 Å². The molecule has 1 aliphatic heterocycles. The van der Waals surface area contributed by atoms with Gasteiger partial charge in [-0.05, 0) is 135 Å². The fraction of sp³-hybridized carbons (Fsp3) is 0.426. The van der Waals surface area contributed by atoms with Crippen LogP contribution in [0.2, 0.25) is 0 Å². The quantitative estimate of drug-likeness (QED) is 0.0697. The molecule has 6 aromatic rings. The lowest BCUT2D eigenvalue weighted by atomic mass is 9.77. The summed E-state index contributed by atoms with van der Waals surface area (Å²) in [6.45, 7) is 8.33. The van der Waals surface area contributed by atoms with E-state index in [2.05, 4.69) is 86.5 Å². The Morgan fingerprint density at radius 3 is 1.72 bits per heavy atom. The molecule has 2 aromatic carbocycles. The first-order valence-corrected chi connectivity index (χ1v) is 21.9. The number of halogens is 1. The lowest BCUT2D eigenvalue weighted by Gasteiger charge is -2.32. The molecule has 314 valence electrons. The Morgan fingerprint density at radius 2 is 1.25 bits per heavy atom. The maximum Gasteiger partial charge on any atom is 0.512 e. The molecule has 4 aromatic heterocycles. The highest BCUT2D eigenvalue weighted by atomic mass is 127. The summed E-state index contributed by atoms with van der Waals surface area (Å²) >= 11 is 2.17. The molecule has 0 atom stereocenters. The molecule has 2 saturated carbocycles. The third kappa shape index (κ3) is 8.62. The Hall–Kier alpha value is -4.60. The highest BCUT2D eigenvalue weighted by Gasteiger charge is 2.53. The van der Waals surface area contributed by atoms with Crippen molar-refractivity contribution in [2.45, 2.75) is 102 Å². The van der Waals surface area contributed by atoms with Crippen molar-refractivity contribution < 1.29 is 28.4 Å². The first-order chi connectivity index (χ1) is 28.8. The smallest absolute Gasteiger partial charge is 0.465 e. The van der Waals surface area contributed by atoms with Crippen LogP contribution in [0, 0.1) is 3.70 Å². The van der Waals surface area contributed by atoms with Gasteiger partial charge >= 0.3 is 19.1 Å². The van der Waals surface area contributed by atoms with Gasteiger partial charge in [-0.3, -0.25) is 15.0 Å². The van der Waals surface area contributed by atoms with Gasteiger partial charge in [0.05, 0.1) is 54.0 Å². The number of hydrogen-bond donors (Lipinski definition) is 0. The van der Waals surface area contributed by atoms with E-state index in [0.717, 1.165) is 31.7 Å². The van der Waals surface area contributed by atoms with Crippen molar-refractivity contribution in [3.63, 3.8) is 0 Å². The lowest BCUT2D eigenvalue weighted by molar-refractivity contribution is 0.00578. The second-order valence-corrected chi connectivity index (χ2v) is 18.0. The van der Waals surface area contributed by atoms with Gasteiger partial charge in [0.15, 0.2) is 0 Å². The Bertz CT molecular complexity index is 2460. The summed E-state index contributed by atoms with van der Waals surface area (Å²) in [6.07, 6.45) is 16.8. The molecule has 3 fully saturated rings. The highest BCUT2D eigenvalue weighted by molar-refractivity contribution is 14.1. The number of aryl methyl sites for hydroxylation is 2. The number of carbonyl (C=O) groups excluding carboxylic acids is 2. The number of nitrogens with zero attached hydrogens (tertiary/aromatic N) is 5. The fourth-order valence-electron chi connectivity index (χ4n) is 9.02. The van der Waals surface area contributed by atoms with Crippen molar-refractivity contribution in [1.29, 1.82) is 0 Å². The number of hydrogen-bond acceptors (Lipinski definition) is 9. The number of carbonyl (C=O) groups is 2. The first-order valence-electron chi connectivity index (χ1n) is 20.9. The number of methoxy groups -OCH3 is 2. The number of ether oxygens (including phenoxy) is 2. The largest absolute Gasteiger partial charge is 0.512 e. The fourth-order valence-corrected chi connectivity index (χ4v) is 9.39. The third-order valence-corrected chi connectivity index (χ3v) is 13.4. The van der Waals surface area contributed by atoms with Gasteiger partial charge in [0.1, 0.15) is 9.39 Å². The number of aromatic nitrogens is 5. The topological polar surface area (TPSA) is 120 Å². The summed E-state index contributed by atoms with van der Waals surface area (Å²) < 4.78 is 28.0. The molecule has 0 spiro atoms. The van der Waals surface area contributed by atoms with Crippen LogP contribution in [0.4, 0.5) is 0 Å². The van der Waals surface area contributed by atoms with Gasteiger partial charge in [-0.15, -0.1) is 0 Å². The minimum absolute atomic E-state index is 0.313. The predicted octanol–water partition coefficient (Wildman–Crippen LogP) is 9.69. The molecule has 5 heterocycles. The molecule has 13 heteroatoms. The second kappa shape index (κ2) is 18.2. The molecule has 0 radical (unpaired) electrons. The normalized spacial score (nSPS) is 17.3. The van der Waals surface area contributed by atoms with Gasteiger partial charge in [0, 0.05) is 54.5 Å². The number of rotatable bonds is 6. The van der Waals surface area contributed by atoms with E-state index in [1.807, 2.05) is 62.8 Å². The van der Waals surface area contributed by atoms with Crippen LogP contribution in [0.5, 0.6) is 0 Å². The average Bonchev–Trinajstić information content (AvgIpc) is 4.10. The molecule has 1 saturated heterocycles. The van der Waals surface area contributed by atoms with Crippen molar-refractivity contribution in [3.05, 3.63) is 105 Å². The van der Waals surface area contributed by atoms with Gasteiger partial charge in [0.25, 0.3) is 0 Å². The summed E-state index contributed by atoms with van der Waals surface area (Å²) in [6, 6.07) is 17.5. The molecule has 60 heavy (non-hydrogen) atoms. The van der Waals surface area contributed by atoms with Crippen LogP contribution >= 0.6 is 22.6 Å². The molecular weight excluding hydrogens is 868 g/mol. The highest BCUT2D eigenvalue weighted by Crippen LogP contribution is 2.45. The Balaban J connectivity index is 0.000000157. The van der Waals surface area contributed by atoms with Crippen LogP contribution < -0.4 is 5.59 Å². The van der Waals surface area contributed by atoms with Gasteiger partial charge < -0.3 is 27.9 Å². The molecule has 0 amide bonds. The Morgan fingerprint density at radius 1 is 0.717 bits per heavy atom. The second-order valence-electron chi connectivity index (χ2n) is 16.9. The van der Waals surface area contributed by atoms with Crippen LogP contribution in [0.15, 0.2) is 79.4 Å². The van der Waals surface area contributed by atoms with Crippen LogP contribution in [0.25, 0.3) is 33.2 Å². The summed E-state index contributed by atoms with van der Waals surface area (Å²) in [4.78, 5) is 36.7. The zero-order valence-electron chi connectivity index (χ0n) is 36.0. The summed E-state index contributed by atoms with van der Waals surface area (Å²) in [5, 5.41) is 2.38. The standard InChI is InChI=1S/C22H30BNO4.C20H21N3O2.C5H4IN/c1-21(2)22(3,4)28-23(27-21)19-18(14-9-7-8-10-14)16-12-11-15(20(25)26-6)13-17(16)24(19)5;1-23-17-11-14(20(24)25-2)7-8-15(17)18(13-5-3-4-6-13)19(23)16-12-21-9-10-22-16;6-5-3-1-2-4-7-5/h11-14H,7-10H2,1-6H3;7-13H,3-6H2,1-2H3;1-4H. The van der Waals surface area contributed by atoms with E-state index in [4.69, 9.17) is 18.8 Å². The maximum atomic E-state index is 12.1. The third-order valence-electron chi connectivity index (χ3n) is 12.8. The van der Waals surface area contributed by atoms with E-state index in [0.29, 0.717) is 23.0 Å². The minimum atomic E-state index is -0.417. The molecule has 9 rings (SSSR count). The SMILES string of the molecule is COC(=O)c1ccc2c(C3CCCC3)c(-c3cnccn3)n(C)c2c1.COC(=O)c1ccc2c(C3CCCC3)c(B3OC(C)(C)C(C)(C)O3)n(C)c2c1.Ic1ccccn1. The van der Waals surface area contributed by atoms with E-state index in [9.17, 15) is 9.59 Å². The van der Waals surface area contributed by atoms with Crippen LogP contribution in [0.1, 0.15) is 123 Å². The van der Waals surface area contributed by atoms with Gasteiger partial charge in [-0.1, -0.05) is 43.9 Å². The lowest BCUT2D eigenvalue weighted by Crippen LogP contribution is -2.41. The van der Waals surface area contributed by atoms with E-state index in [1.54, 1.807) is 18.6 Å². The molecule has 3 aliphatic rings. The van der Waals surface area contributed by atoms with E-state index >= 15 is 0 Å². The van der Waals surface area contributed by atoms with Crippen molar-refractivity contribution in [2.24, 2.45) is 14.1 Å². The van der Waals surface area contributed by atoms with Crippen LogP contribution in [-0.4, -0.2) is 68.6 Å². The van der Waals surface area contributed by atoms with Crippen molar-refractivity contribution in [3.8, 4) is 11.4 Å². The van der Waals surface area contributed by atoms with E-state index in [-0.39, 0.29) is 11.9 Å². The summed E-state index contributed by atoms with van der Waals surface area (Å²) in [7, 11) is 6.48. The molecule has 0 unspecified atom stereocenters. The molecule has 0 bridgehead atoms. The molecule has 2 aliphatic carbocycles. The predicted molar refractivity (Wildman–Crippen MR) is 245 cm³/mol. The van der Waals surface area contributed by atoms with Crippen LogP contribution in [0.3, 0.4) is 0 Å². The van der Waals surface area contributed by atoms with Gasteiger partial charge in [-0.2, -0.15) is 0 Å². The minimum Gasteiger partial charge on any atom is -0.465 e. The van der Waals surface area contributed by atoms with E-state index < -0.39 is 18.3 Å². The Kier molecular flexibility index (Phi) is 13.2. The first kappa shape index (κ1) is 43.5. The zero-order valence-corrected chi connectivity index (χ0v) is 38.1. The van der Waals surface area contributed by atoms with Gasteiger partial charge in [-0.25, -0.2) is 9.59 Å². The van der Waals surface area contributed by atoms with E-state index in [1.165, 1.54) is 87.5 Å². The maximum absolute atomic E-state index is 12.1. The van der Waals surface area contributed by atoms with Crippen molar-refractivity contribution in [2.75, 3.05) is 14.2 Å². The van der Waals surface area contributed by atoms with Gasteiger partial charge in [0.2, 0.25) is 0 Å². The summed E-state index contributed by atoms with van der Waals surface area (Å²) in [5.74, 6) is 0.403. The number of benzene rings is 2. The summed E-state index contributed by atoms with van der Waals surface area (Å²) in [5.41, 5.74) is 8.14. The average molecular weight is 924 g/mol.